The molecule has 0 aliphatic carbocycles. The first-order valence-corrected chi connectivity index (χ1v) is 7.84. The number of hydrogen-bond acceptors (Lipinski definition) is 4. The maximum absolute atomic E-state index is 12.3. The average Bonchev–Trinajstić information content (AvgIpc) is 3.02. The highest BCUT2D eigenvalue weighted by atomic mass is 32.1. The number of amides is 1. The lowest BCUT2D eigenvalue weighted by molar-refractivity contribution is -0.123. The van der Waals surface area contributed by atoms with Crippen molar-refractivity contribution in [2.45, 2.75) is 19.9 Å². The van der Waals surface area contributed by atoms with Crippen molar-refractivity contribution in [3.05, 3.63) is 52.7 Å². The topological polar surface area (TPSA) is 67.9 Å². The number of carbonyl (C=O) groups excluding carboxylic acids is 1. The third-order valence-corrected chi connectivity index (χ3v) is 3.84. The van der Waals surface area contributed by atoms with Crippen molar-refractivity contribution in [3.8, 4) is 0 Å². The number of nitrogens with zero attached hydrogens (tertiary/aromatic N) is 2. The fraction of sp³-hybridized carbons (Fsp3) is 0.250. The second-order valence-corrected chi connectivity index (χ2v) is 5.87. The molecule has 2 rings (SSSR count). The Morgan fingerprint density at radius 1 is 1.27 bits per heavy atom. The Morgan fingerprint density at radius 2 is 2.00 bits per heavy atom. The van der Waals surface area contributed by atoms with Crippen LogP contribution in [-0.2, 0) is 9.63 Å². The molecule has 116 valence electrons. The minimum absolute atomic E-state index is 0.0251. The van der Waals surface area contributed by atoms with Crippen LogP contribution in [0.3, 0.4) is 0 Å². The Balaban J connectivity index is 1.99. The van der Waals surface area contributed by atoms with Gasteiger partial charge in [0.25, 0.3) is 5.91 Å². The van der Waals surface area contributed by atoms with Crippen molar-refractivity contribution < 1.29 is 9.63 Å². The molecule has 0 fully saturated rings. The van der Waals surface area contributed by atoms with Crippen LogP contribution in [0.5, 0.6) is 0 Å². The van der Waals surface area contributed by atoms with Gasteiger partial charge in [0.05, 0.1) is 4.88 Å². The Hall–Kier alpha value is -2.34. The summed E-state index contributed by atoms with van der Waals surface area (Å²) in [6, 6.07) is 13.2. The first-order chi connectivity index (χ1) is 10.6. The zero-order valence-electron chi connectivity index (χ0n) is 12.6. The molecule has 0 saturated carbocycles. The van der Waals surface area contributed by atoms with E-state index in [4.69, 9.17) is 10.6 Å². The van der Waals surface area contributed by atoms with E-state index in [0.29, 0.717) is 0 Å². The fourth-order valence-electron chi connectivity index (χ4n) is 2.01. The van der Waals surface area contributed by atoms with Crippen molar-refractivity contribution >= 4 is 28.8 Å². The van der Waals surface area contributed by atoms with Gasteiger partial charge >= 0.3 is 0 Å². The average molecular weight is 317 g/mol. The first-order valence-electron chi connectivity index (χ1n) is 6.96. The van der Waals surface area contributed by atoms with E-state index >= 15 is 0 Å². The molecule has 1 amide bonds. The number of anilines is 1. The summed E-state index contributed by atoms with van der Waals surface area (Å²) in [6.45, 7) is 3.75. The molecule has 0 saturated heterocycles. The van der Waals surface area contributed by atoms with Crippen molar-refractivity contribution in [1.82, 2.24) is 0 Å². The molecule has 0 atom stereocenters. The molecule has 0 aliphatic heterocycles. The Kier molecular flexibility index (Phi) is 5.55. The summed E-state index contributed by atoms with van der Waals surface area (Å²) in [4.78, 5) is 20.0. The molecule has 0 radical (unpaired) electrons. The molecule has 5 nitrogen and oxygen atoms in total. The number of carbonyl (C=O) groups is 1. The van der Waals surface area contributed by atoms with Gasteiger partial charge in [0.15, 0.2) is 12.4 Å². The van der Waals surface area contributed by atoms with E-state index in [1.165, 1.54) is 11.3 Å². The summed E-state index contributed by atoms with van der Waals surface area (Å²) in [5.41, 5.74) is 6.62. The van der Waals surface area contributed by atoms with Gasteiger partial charge < -0.3 is 15.5 Å². The number of hydrogen-bond donors (Lipinski definition) is 1. The highest BCUT2D eigenvalue weighted by molar-refractivity contribution is 7.12. The SMILES string of the molecule is CC(C)N(C(=O)CON=C(N)c1cccs1)c1ccccc1. The molecule has 0 spiro atoms. The lowest BCUT2D eigenvalue weighted by Crippen LogP contribution is -2.39. The summed E-state index contributed by atoms with van der Waals surface area (Å²) in [7, 11) is 0. The number of amidine groups is 1. The van der Waals surface area contributed by atoms with E-state index in [1.807, 2.05) is 61.7 Å². The van der Waals surface area contributed by atoms with Crippen LogP contribution < -0.4 is 10.6 Å². The van der Waals surface area contributed by atoms with E-state index in [1.54, 1.807) is 4.90 Å². The Morgan fingerprint density at radius 3 is 2.59 bits per heavy atom. The van der Waals surface area contributed by atoms with Gasteiger partial charge in [-0.05, 0) is 37.4 Å². The minimum atomic E-state index is -0.163. The van der Waals surface area contributed by atoms with Gasteiger partial charge in [-0.25, -0.2) is 0 Å². The zero-order valence-corrected chi connectivity index (χ0v) is 13.4. The van der Waals surface area contributed by atoms with Crippen molar-refractivity contribution in [2.75, 3.05) is 11.5 Å². The summed E-state index contributed by atoms with van der Waals surface area (Å²) in [5.74, 6) is 0.113. The third-order valence-electron chi connectivity index (χ3n) is 2.94. The van der Waals surface area contributed by atoms with Crippen LogP contribution in [0.1, 0.15) is 18.7 Å². The normalized spacial score (nSPS) is 11.5. The molecule has 1 aromatic carbocycles. The van der Waals surface area contributed by atoms with Crippen LogP contribution in [0.25, 0.3) is 0 Å². The van der Waals surface area contributed by atoms with Gasteiger partial charge in [0, 0.05) is 11.7 Å². The second-order valence-electron chi connectivity index (χ2n) is 4.92. The quantitative estimate of drug-likeness (QED) is 0.506. The molecular formula is C16H19N3O2S. The minimum Gasteiger partial charge on any atom is -0.384 e. The molecule has 6 heteroatoms. The number of rotatable bonds is 6. The molecule has 2 N–H and O–H groups in total. The Bertz CT molecular complexity index is 624. The van der Waals surface area contributed by atoms with Gasteiger partial charge in [-0.15, -0.1) is 11.3 Å². The monoisotopic (exact) mass is 317 g/mol. The van der Waals surface area contributed by atoms with E-state index in [9.17, 15) is 4.79 Å². The van der Waals surface area contributed by atoms with Gasteiger partial charge in [0.2, 0.25) is 0 Å². The van der Waals surface area contributed by atoms with E-state index in [-0.39, 0.29) is 24.4 Å². The number of thiophene rings is 1. The maximum Gasteiger partial charge on any atom is 0.267 e. The van der Waals surface area contributed by atoms with E-state index < -0.39 is 0 Å². The van der Waals surface area contributed by atoms with Crippen LogP contribution in [0.2, 0.25) is 0 Å². The molecule has 22 heavy (non-hydrogen) atoms. The standard InChI is InChI=1S/C16H19N3O2S/c1-12(2)19(13-7-4-3-5-8-13)15(20)11-21-18-16(17)14-9-6-10-22-14/h3-10,12H,11H2,1-2H3,(H2,17,18). The Labute approximate surface area is 134 Å². The molecule has 0 bridgehead atoms. The first kappa shape index (κ1) is 16.0. The summed E-state index contributed by atoms with van der Waals surface area (Å²) >= 11 is 1.47. The van der Waals surface area contributed by atoms with Crippen LogP contribution in [-0.4, -0.2) is 24.4 Å². The number of para-hydroxylation sites is 1. The second kappa shape index (κ2) is 7.61. The van der Waals surface area contributed by atoms with Gasteiger partial charge in [-0.2, -0.15) is 0 Å². The predicted octanol–water partition coefficient (Wildman–Crippen LogP) is 2.83. The summed E-state index contributed by atoms with van der Waals surface area (Å²) < 4.78 is 0. The van der Waals surface area contributed by atoms with Crippen LogP contribution in [0, 0.1) is 0 Å². The van der Waals surface area contributed by atoms with Crippen LogP contribution in [0.4, 0.5) is 5.69 Å². The van der Waals surface area contributed by atoms with E-state index in [2.05, 4.69) is 5.16 Å². The molecule has 1 aromatic heterocycles. The predicted molar refractivity (Wildman–Crippen MR) is 90.1 cm³/mol. The molecule has 0 unspecified atom stereocenters. The van der Waals surface area contributed by atoms with Gasteiger partial charge in [0.1, 0.15) is 0 Å². The smallest absolute Gasteiger partial charge is 0.267 e. The zero-order chi connectivity index (χ0) is 15.9. The lowest BCUT2D eigenvalue weighted by Gasteiger charge is -2.26. The molecule has 2 aromatic rings. The van der Waals surface area contributed by atoms with Gasteiger partial charge in [-0.3, -0.25) is 4.79 Å². The number of benzene rings is 1. The summed E-state index contributed by atoms with van der Waals surface area (Å²) in [6.07, 6.45) is 0. The van der Waals surface area contributed by atoms with Crippen LogP contribution in [0.15, 0.2) is 53.0 Å². The highest BCUT2D eigenvalue weighted by Crippen LogP contribution is 2.16. The maximum atomic E-state index is 12.3. The molecular weight excluding hydrogens is 298 g/mol. The highest BCUT2D eigenvalue weighted by Gasteiger charge is 2.19. The van der Waals surface area contributed by atoms with Gasteiger partial charge in [-0.1, -0.05) is 29.4 Å². The fourth-order valence-corrected chi connectivity index (χ4v) is 2.63. The summed E-state index contributed by atoms with van der Waals surface area (Å²) in [5, 5.41) is 5.70. The van der Waals surface area contributed by atoms with Crippen molar-refractivity contribution in [1.29, 1.82) is 0 Å². The lowest BCUT2D eigenvalue weighted by atomic mass is 10.2. The van der Waals surface area contributed by atoms with E-state index in [0.717, 1.165) is 10.6 Å². The number of nitrogens with two attached hydrogens (primary N) is 1. The molecule has 0 aliphatic rings. The molecule has 1 heterocycles. The van der Waals surface area contributed by atoms with Crippen molar-refractivity contribution in [2.24, 2.45) is 10.9 Å². The largest absolute Gasteiger partial charge is 0.384 e. The van der Waals surface area contributed by atoms with Crippen molar-refractivity contribution in [3.63, 3.8) is 0 Å². The van der Waals surface area contributed by atoms with Crippen LogP contribution >= 0.6 is 11.3 Å². The number of oxime groups is 1. The third kappa shape index (κ3) is 4.08.